The minimum atomic E-state index is -0.114. The van der Waals surface area contributed by atoms with Gasteiger partial charge in [0.25, 0.3) is 0 Å². The van der Waals surface area contributed by atoms with Crippen molar-refractivity contribution in [2.45, 2.75) is 6.92 Å². The number of hydrogen-bond acceptors (Lipinski definition) is 4. The maximum atomic E-state index is 11.1. The number of fused-ring (bicyclic) bond motifs is 1. The molecule has 0 unspecified atom stereocenters. The van der Waals surface area contributed by atoms with Gasteiger partial charge in [0.05, 0.1) is 13.7 Å². The van der Waals surface area contributed by atoms with Crippen molar-refractivity contribution in [1.29, 1.82) is 0 Å². The molecule has 1 amide bonds. The molecular formula is C16H18N2O3. The molecule has 0 heterocycles. The summed E-state index contributed by atoms with van der Waals surface area (Å²) in [5, 5.41) is 8.84. The van der Waals surface area contributed by atoms with Crippen molar-refractivity contribution in [2.24, 2.45) is 5.16 Å². The molecule has 2 aromatic rings. The molecule has 0 saturated heterocycles. The van der Waals surface area contributed by atoms with Gasteiger partial charge in [-0.15, -0.1) is 0 Å². The topological polar surface area (TPSA) is 59.9 Å². The quantitative estimate of drug-likeness (QED) is 0.678. The van der Waals surface area contributed by atoms with E-state index in [-0.39, 0.29) is 5.91 Å². The van der Waals surface area contributed by atoms with Gasteiger partial charge in [-0.2, -0.15) is 0 Å². The predicted molar refractivity (Wildman–Crippen MR) is 82.7 cm³/mol. The molecule has 5 heteroatoms. The minimum Gasteiger partial charge on any atom is -0.497 e. The van der Waals surface area contributed by atoms with Crippen LogP contribution in [0.1, 0.15) is 12.5 Å². The van der Waals surface area contributed by atoms with Crippen LogP contribution in [-0.4, -0.2) is 32.4 Å². The molecule has 0 saturated carbocycles. The molecule has 1 N–H and O–H groups in total. The van der Waals surface area contributed by atoms with Crippen molar-refractivity contribution in [1.82, 2.24) is 5.32 Å². The van der Waals surface area contributed by atoms with Crippen LogP contribution in [-0.2, 0) is 9.63 Å². The first-order valence-corrected chi connectivity index (χ1v) is 6.57. The zero-order valence-corrected chi connectivity index (χ0v) is 12.3. The van der Waals surface area contributed by atoms with Crippen LogP contribution in [0.3, 0.4) is 0 Å². The Bertz CT molecular complexity index is 680. The summed E-state index contributed by atoms with van der Waals surface area (Å²) in [6, 6.07) is 11.8. The summed E-state index contributed by atoms with van der Waals surface area (Å²) in [6.07, 6.45) is 0. The molecule has 0 aliphatic heterocycles. The standard InChI is InChI=1S/C16H18N2O3/c1-11(19)17-10-16(18-21-3)14-6-4-5-12-7-8-13(20-2)9-15(12)14/h4-9H,10H2,1-3H3,(H,17,19)/b18-16+. The summed E-state index contributed by atoms with van der Waals surface area (Å²) in [5.41, 5.74) is 1.56. The third-order valence-corrected chi connectivity index (χ3v) is 3.11. The van der Waals surface area contributed by atoms with E-state index in [4.69, 9.17) is 9.57 Å². The molecule has 0 aliphatic rings. The molecule has 2 rings (SSSR count). The van der Waals surface area contributed by atoms with E-state index in [2.05, 4.69) is 10.5 Å². The Labute approximate surface area is 123 Å². The zero-order valence-electron chi connectivity index (χ0n) is 12.3. The van der Waals surface area contributed by atoms with Crippen LogP contribution >= 0.6 is 0 Å². The summed E-state index contributed by atoms with van der Waals surface area (Å²) in [5.74, 6) is 0.655. The van der Waals surface area contributed by atoms with Gasteiger partial charge in [0.1, 0.15) is 18.6 Å². The molecule has 0 bridgehead atoms. The fraction of sp³-hybridized carbons (Fsp3) is 0.250. The second kappa shape index (κ2) is 6.74. The fourth-order valence-corrected chi connectivity index (χ4v) is 2.13. The average Bonchev–Trinajstić information content (AvgIpc) is 2.50. The molecule has 0 fully saturated rings. The number of nitrogens with zero attached hydrogens (tertiary/aromatic N) is 1. The summed E-state index contributed by atoms with van der Waals surface area (Å²) in [7, 11) is 3.12. The van der Waals surface area contributed by atoms with Gasteiger partial charge in [-0.3, -0.25) is 4.79 Å². The van der Waals surface area contributed by atoms with E-state index in [0.717, 1.165) is 22.1 Å². The number of rotatable bonds is 5. The van der Waals surface area contributed by atoms with Crippen molar-refractivity contribution in [3.8, 4) is 5.75 Å². The number of benzene rings is 2. The lowest BCUT2D eigenvalue weighted by atomic mass is 10.0. The molecule has 0 atom stereocenters. The van der Waals surface area contributed by atoms with Gasteiger partial charge in [0.2, 0.25) is 5.91 Å². The first-order chi connectivity index (χ1) is 10.2. The second-order valence-electron chi connectivity index (χ2n) is 4.52. The maximum Gasteiger partial charge on any atom is 0.217 e. The number of methoxy groups -OCH3 is 1. The van der Waals surface area contributed by atoms with Crippen LogP contribution in [0.2, 0.25) is 0 Å². The van der Waals surface area contributed by atoms with Gasteiger partial charge in [-0.25, -0.2) is 0 Å². The van der Waals surface area contributed by atoms with Crippen LogP contribution < -0.4 is 10.1 Å². The van der Waals surface area contributed by atoms with Gasteiger partial charge in [0, 0.05) is 12.5 Å². The normalized spacial score (nSPS) is 11.3. The summed E-state index contributed by atoms with van der Waals surface area (Å²) >= 11 is 0. The minimum absolute atomic E-state index is 0.114. The lowest BCUT2D eigenvalue weighted by molar-refractivity contribution is -0.118. The van der Waals surface area contributed by atoms with Crippen LogP contribution in [0, 0.1) is 0 Å². The Morgan fingerprint density at radius 3 is 2.71 bits per heavy atom. The molecule has 110 valence electrons. The largest absolute Gasteiger partial charge is 0.497 e. The summed E-state index contributed by atoms with van der Waals surface area (Å²) in [6.45, 7) is 1.77. The lowest BCUT2D eigenvalue weighted by Crippen LogP contribution is -2.28. The van der Waals surface area contributed by atoms with Gasteiger partial charge >= 0.3 is 0 Å². The maximum absolute atomic E-state index is 11.1. The van der Waals surface area contributed by atoms with Crippen molar-refractivity contribution in [3.05, 3.63) is 42.0 Å². The molecule has 21 heavy (non-hydrogen) atoms. The summed E-state index contributed by atoms with van der Waals surface area (Å²) in [4.78, 5) is 16.0. The Morgan fingerprint density at radius 1 is 1.24 bits per heavy atom. The van der Waals surface area contributed by atoms with Crippen LogP contribution in [0.4, 0.5) is 0 Å². The highest BCUT2D eigenvalue weighted by molar-refractivity contribution is 6.12. The van der Waals surface area contributed by atoms with E-state index in [1.165, 1.54) is 14.0 Å². The van der Waals surface area contributed by atoms with E-state index >= 15 is 0 Å². The second-order valence-corrected chi connectivity index (χ2v) is 4.52. The number of nitrogens with one attached hydrogen (secondary N) is 1. The molecule has 0 spiro atoms. The van der Waals surface area contributed by atoms with Gasteiger partial charge in [0.15, 0.2) is 0 Å². The van der Waals surface area contributed by atoms with Crippen molar-refractivity contribution in [3.63, 3.8) is 0 Å². The number of carbonyl (C=O) groups excluding carboxylic acids is 1. The van der Waals surface area contributed by atoms with Crippen LogP contribution in [0.5, 0.6) is 5.75 Å². The van der Waals surface area contributed by atoms with E-state index in [1.54, 1.807) is 7.11 Å². The summed E-state index contributed by atoms with van der Waals surface area (Å²) < 4.78 is 5.27. The molecular weight excluding hydrogens is 268 g/mol. The zero-order chi connectivity index (χ0) is 15.2. The third kappa shape index (κ3) is 3.51. The highest BCUT2D eigenvalue weighted by Gasteiger charge is 2.10. The lowest BCUT2D eigenvalue weighted by Gasteiger charge is -2.11. The van der Waals surface area contributed by atoms with Crippen molar-refractivity contribution >= 4 is 22.4 Å². The first-order valence-electron chi connectivity index (χ1n) is 6.57. The van der Waals surface area contributed by atoms with Gasteiger partial charge in [-0.05, 0) is 22.9 Å². The average molecular weight is 286 g/mol. The number of hydrogen-bond donors (Lipinski definition) is 1. The molecule has 2 aromatic carbocycles. The third-order valence-electron chi connectivity index (χ3n) is 3.11. The predicted octanol–water partition coefficient (Wildman–Crippen LogP) is 2.33. The Kier molecular flexibility index (Phi) is 4.77. The first kappa shape index (κ1) is 14.8. The van der Waals surface area contributed by atoms with E-state index in [0.29, 0.717) is 12.3 Å². The van der Waals surface area contributed by atoms with Crippen LogP contribution in [0.15, 0.2) is 41.6 Å². The number of amides is 1. The van der Waals surface area contributed by atoms with Gasteiger partial charge < -0.3 is 14.9 Å². The smallest absolute Gasteiger partial charge is 0.217 e. The molecule has 0 aliphatic carbocycles. The molecule has 5 nitrogen and oxygen atoms in total. The SMILES string of the molecule is CO/N=C(\CNC(C)=O)c1cccc2ccc(OC)cc12. The molecule has 0 aromatic heterocycles. The monoisotopic (exact) mass is 286 g/mol. The highest BCUT2D eigenvalue weighted by atomic mass is 16.6. The van der Waals surface area contributed by atoms with E-state index in [1.807, 2.05) is 36.4 Å². The number of oxime groups is 1. The Hall–Kier alpha value is -2.56. The van der Waals surface area contributed by atoms with Crippen molar-refractivity contribution in [2.75, 3.05) is 20.8 Å². The van der Waals surface area contributed by atoms with Crippen LogP contribution in [0.25, 0.3) is 10.8 Å². The Balaban J connectivity index is 2.51. The van der Waals surface area contributed by atoms with Gasteiger partial charge in [-0.1, -0.05) is 29.4 Å². The highest BCUT2D eigenvalue weighted by Crippen LogP contribution is 2.24. The Morgan fingerprint density at radius 2 is 2.05 bits per heavy atom. The number of carbonyl (C=O) groups is 1. The van der Waals surface area contributed by atoms with Crippen molar-refractivity contribution < 1.29 is 14.4 Å². The van der Waals surface area contributed by atoms with E-state index in [9.17, 15) is 4.79 Å². The molecule has 0 radical (unpaired) electrons. The fourth-order valence-electron chi connectivity index (χ4n) is 2.13. The van der Waals surface area contributed by atoms with E-state index < -0.39 is 0 Å². The number of ether oxygens (including phenoxy) is 1.